The van der Waals surface area contributed by atoms with E-state index < -0.39 is 0 Å². The third kappa shape index (κ3) is 2.96. The minimum Gasteiger partial charge on any atom is -0.497 e. The molecule has 0 radical (unpaired) electrons. The monoisotopic (exact) mass is 345 g/mol. The molecule has 0 saturated carbocycles. The molecule has 2 aromatic carbocycles. The largest absolute Gasteiger partial charge is 0.497 e. The molecule has 0 unspecified atom stereocenters. The molecule has 0 bridgehead atoms. The molecule has 3 rings (SSSR count). The van der Waals surface area contributed by atoms with Crippen LogP contribution in [0.2, 0.25) is 5.02 Å². The summed E-state index contributed by atoms with van der Waals surface area (Å²) in [6, 6.07) is 12.5. The lowest BCUT2D eigenvalue weighted by molar-refractivity contribution is 0.281. The maximum Gasteiger partial charge on any atom is 0.173 e. The van der Waals surface area contributed by atoms with E-state index in [1.165, 1.54) is 0 Å². The van der Waals surface area contributed by atoms with Crippen LogP contribution in [0.3, 0.4) is 0 Å². The van der Waals surface area contributed by atoms with Crippen LogP contribution in [0.5, 0.6) is 11.5 Å². The molecule has 0 spiro atoms. The van der Waals surface area contributed by atoms with Gasteiger partial charge in [0.05, 0.1) is 26.4 Å². The number of hydrogen-bond acceptors (Lipinski definition) is 5. The Morgan fingerprint density at radius 3 is 2.46 bits per heavy atom. The van der Waals surface area contributed by atoms with Crippen molar-refractivity contribution in [1.29, 1.82) is 0 Å². The molecule has 1 N–H and O–H groups in total. The summed E-state index contributed by atoms with van der Waals surface area (Å²) in [5, 5.41) is 14.6. The second kappa shape index (κ2) is 6.95. The van der Waals surface area contributed by atoms with Gasteiger partial charge in [0.1, 0.15) is 17.2 Å². The fourth-order valence-corrected chi connectivity index (χ4v) is 2.62. The lowest BCUT2D eigenvalue weighted by atomic mass is 10.0. The molecule has 0 aliphatic carbocycles. The van der Waals surface area contributed by atoms with Crippen molar-refractivity contribution in [2.45, 2.75) is 6.61 Å². The molecular weight excluding hydrogens is 330 g/mol. The van der Waals surface area contributed by atoms with Crippen LogP contribution >= 0.6 is 11.6 Å². The molecule has 0 amide bonds. The van der Waals surface area contributed by atoms with E-state index >= 15 is 0 Å². The molecule has 0 aliphatic heterocycles. The highest BCUT2D eigenvalue weighted by Crippen LogP contribution is 2.38. The second-order valence-corrected chi connectivity index (χ2v) is 5.51. The van der Waals surface area contributed by atoms with E-state index in [1.54, 1.807) is 44.6 Å². The highest BCUT2D eigenvalue weighted by atomic mass is 35.5. The Morgan fingerprint density at radius 2 is 1.83 bits per heavy atom. The number of aliphatic hydroxyl groups excluding tert-OH is 1. The van der Waals surface area contributed by atoms with Gasteiger partial charge in [0.15, 0.2) is 5.76 Å². The van der Waals surface area contributed by atoms with Gasteiger partial charge in [-0.3, -0.25) is 0 Å². The predicted molar refractivity (Wildman–Crippen MR) is 91.4 cm³/mol. The van der Waals surface area contributed by atoms with Crippen molar-refractivity contribution >= 4 is 11.6 Å². The van der Waals surface area contributed by atoms with Crippen molar-refractivity contribution in [3.63, 3.8) is 0 Å². The minimum absolute atomic E-state index is 0.225. The Kier molecular flexibility index (Phi) is 4.74. The summed E-state index contributed by atoms with van der Waals surface area (Å²) in [6.45, 7) is -0.225. The molecule has 6 heteroatoms. The van der Waals surface area contributed by atoms with E-state index in [9.17, 15) is 5.11 Å². The summed E-state index contributed by atoms with van der Waals surface area (Å²) in [6.07, 6.45) is 0. The molecule has 1 aromatic heterocycles. The first-order valence-electron chi connectivity index (χ1n) is 7.25. The van der Waals surface area contributed by atoms with Crippen LogP contribution in [0.15, 0.2) is 47.0 Å². The molecule has 0 aliphatic rings. The van der Waals surface area contributed by atoms with Crippen molar-refractivity contribution in [3.8, 4) is 34.1 Å². The number of hydrogen-bond donors (Lipinski definition) is 1. The Bertz CT molecular complexity index is 843. The number of nitrogens with zero attached hydrogens (tertiary/aromatic N) is 1. The molecule has 0 saturated heterocycles. The number of aromatic nitrogens is 1. The molecule has 24 heavy (non-hydrogen) atoms. The van der Waals surface area contributed by atoms with Crippen LogP contribution in [0, 0.1) is 0 Å². The smallest absolute Gasteiger partial charge is 0.173 e. The van der Waals surface area contributed by atoms with E-state index in [4.69, 9.17) is 25.6 Å². The van der Waals surface area contributed by atoms with E-state index in [1.807, 2.05) is 12.1 Å². The van der Waals surface area contributed by atoms with Gasteiger partial charge < -0.3 is 19.1 Å². The summed E-state index contributed by atoms with van der Waals surface area (Å²) >= 11 is 5.92. The maximum atomic E-state index is 9.86. The predicted octanol–water partition coefficient (Wildman–Crippen LogP) is 4.17. The lowest BCUT2D eigenvalue weighted by Gasteiger charge is -2.09. The summed E-state index contributed by atoms with van der Waals surface area (Å²) in [4.78, 5) is 0. The summed E-state index contributed by atoms with van der Waals surface area (Å²) in [7, 11) is 3.16. The fourth-order valence-electron chi connectivity index (χ4n) is 2.49. The highest BCUT2D eigenvalue weighted by molar-refractivity contribution is 6.30. The molecule has 1 heterocycles. The molecular formula is C18H16ClNO4. The SMILES string of the molecule is COc1ccc(OC)c(-c2noc(-c3ccc(Cl)cc3)c2CO)c1. The molecule has 5 nitrogen and oxygen atoms in total. The maximum absolute atomic E-state index is 9.86. The average molecular weight is 346 g/mol. The first-order valence-corrected chi connectivity index (χ1v) is 7.63. The lowest BCUT2D eigenvalue weighted by Crippen LogP contribution is -1.94. The summed E-state index contributed by atoms with van der Waals surface area (Å²) < 4.78 is 16.1. The van der Waals surface area contributed by atoms with Gasteiger partial charge in [-0.25, -0.2) is 0 Å². The quantitative estimate of drug-likeness (QED) is 0.751. The van der Waals surface area contributed by atoms with Crippen LogP contribution in [0.4, 0.5) is 0 Å². The van der Waals surface area contributed by atoms with E-state index in [2.05, 4.69) is 5.16 Å². The van der Waals surface area contributed by atoms with Gasteiger partial charge in [0.25, 0.3) is 0 Å². The molecule has 0 atom stereocenters. The van der Waals surface area contributed by atoms with Crippen molar-refractivity contribution in [2.75, 3.05) is 14.2 Å². The first-order chi connectivity index (χ1) is 11.7. The minimum atomic E-state index is -0.225. The third-order valence-electron chi connectivity index (χ3n) is 3.71. The number of benzene rings is 2. The Labute approximate surface area is 144 Å². The van der Waals surface area contributed by atoms with Gasteiger partial charge in [-0.1, -0.05) is 16.8 Å². The normalized spacial score (nSPS) is 10.7. The number of rotatable bonds is 5. The standard InChI is InChI=1S/C18H16ClNO4/c1-22-13-7-8-16(23-2)14(9-13)17-15(10-21)18(24-20-17)11-3-5-12(19)6-4-11/h3-9,21H,10H2,1-2H3. The second-order valence-electron chi connectivity index (χ2n) is 5.07. The van der Waals surface area contributed by atoms with Crippen LogP contribution in [0.1, 0.15) is 5.56 Å². The van der Waals surface area contributed by atoms with Gasteiger partial charge in [0, 0.05) is 16.1 Å². The van der Waals surface area contributed by atoms with E-state index in [-0.39, 0.29) is 6.61 Å². The number of aliphatic hydroxyl groups is 1. The van der Waals surface area contributed by atoms with Gasteiger partial charge >= 0.3 is 0 Å². The third-order valence-corrected chi connectivity index (χ3v) is 3.97. The van der Waals surface area contributed by atoms with Crippen LogP contribution < -0.4 is 9.47 Å². The topological polar surface area (TPSA) is 64.7 Å². The molecule has 0 fully saturated rings. The Morgan fingerprint density at radius 1 is 1.08 bits per heavy atom. The highest BCUT2D eigenvalue weighted by Gasteiger charge is 2.21. The summed E-state index contributed by atoms with van der Waals surface area (Å²) in [5.41, 5.74) is 2.55. The van der Waals surface area contributed by atoms with Gasteiger partial charge in [0.2, 0.25) is 0 Å². The summed E-state index contributed by atoms with van der Waals surface area (Å²) in [5.74, 6) is 1.77. The number of methoxy groups -OCH3 is 2. The first kappa shape index (κ1) is 16.4. The zero-order chi connectivity index (χ0) is 17.1. The van der Waals surface area contributed by atoms with Crippen LogP contribution in [-0.2, 0) is 6.61 Å². The van der Waals surface area contributed by atoms with Crippen molar-refractivity contribution in [3.05, 3.63) is 53.1 Å². The van der Waals surface area contributed by atoms with Gasteiger partial charge in [-0.05, 0) is 42.5 Å². The van der Waals surface area contributed by atoms with Crippen molar-refractivity contribution < 1.29 is 19.1 Å². The van der Waals surface area contributed by atoms with Crippen LogP contribution in [-0.4, -0.2) is 24.5 Å². The number of halogens is 1. The fraction of sp³-hybridized carbons (Fsp3) is 0.167. The average Bonchev–Trinajstić information content (AvgIpc) is 3.05. The molecule has 3 aromatic rings. The zero-order valence-electron chi connectivity index (χ0n) is 13.2. The Hall–Kier alpha value is -2.50. The number of ether oxygens (including phenoxy) is 2. The van der Waals surface area contributed by atoms with Crippen molar-refractivity contribution in [2.24, 2.45) is 0 Å². The van der Waals surface area contributed by atoms with E-state index in [0.29, 0.717) is 39.1 Å². The van der Waals surface area contributed by atoms with Gasteiger partial charge in [-0.15, -0.1) is 0 Å². The van der Waals surface area contributed by atoms with Crippen molar-refractivity contribution in [1.82, 2.24) is 5.16 Å². The zero-order valence-corrected chi connectivity index (χ0v) is 14.0. The van der Waals surface area contributed by atoms with Gasteiger partial charge in [-0.2, -0.15) is 0 Å². The Balaban J connectivity index is 2.15. The van der Waals surface area contributed by atoms with Crippen LogP contribution in [0.25, 0.3) is 22.6 Å². The van der Waals surface area contributed by atoms with E-state index in [0.717, 1.165) is 5.56 Å². The molecule has 124 valence electrons.